The van der Waals surface area contributed by atoms with E-state index in [0.717, 1.165) is 11.1 Å². The predicted molar refractivity (Wildman–Crippen MR) is 72.2 cm³/mol. The molecule has 0 fully saturated rings. The Balaban J connectivity index is 2.48. The molecule has 0 bridgehead atoms. The van der Waals surface area contributed by atoms with Gasteiger partial charge in [-0.05, 0) is 36.2 Å². The zero-order chi connectivity index (χ0) is 13.0. The first kappa shape index (κ1) is 12.2. The van der Waals surface area contributed by atoms with Crippen LogP contribution in [0.5, 0.6) is 0 Å². The van der Waals surface area contributed by atoms with Gasteiger partial charge in [-0.25, -0.2) is 4.79 Å². The molecular formula is C15H15NO2. The number of nitrogen functional groups attached to an aromatic ring is 1. The SMILES string of the molecule is CCOC(=O)c1ccccc1-c1cccc(N)c1. The zero-order valence-electron chi connectivity index (χ0n) is 10.2. The average Bonchev–Trinajstić information content (AvgIpc) is 2.39. The van der Waals surface area contributed by atoms with Gasteiger partial charge in [0.2, 0.25) is 0 Å². The summed E-state index contributed by atoms with van der Waals surface area (Å²) in [5, 5.41) is 0. The molecule has 0 saturated heterocycles. The molecule has 3 heteroatoms. The molecule has 0 aliphatic carbocycles. The number of anilines is 1. The third-order valence-corrected chi connectivity index (χ3v) is 2.62. The number of ether oxygens (including phenoxy) is 1. The van der Waals surface area contributed by atoms with E-state index < -0.39 is 0 Å². The fourth-order valence-electron chi connectivity index (χ4n) is 1.83. The lowest BCUT2D eigenvalue weighted by Gasteiger charge is -2.09. The van der Waals surface area contributed by atoms with Crippen LogP contribution in [0.3, 0.4) is 0 Å². The Hall–Kier alpha value is -2.29. The summed E-state index contributed by atoms with van der Waals surface area (Å²) in [6, 6.07) is 14.8. The van der Waals surface area contributed by atoms with Crippen LogP contribution in [-0.4, -0.2) is 12.6 Å². The Morgan fingerprint density at radius 2 is 1.94 bits per heavy atom. The van der Waals surface area contributed by atoms with Gasteiger partial charge in [-0.2, -0.15) is 0 Å². The fraction of sp³-hybridized carbons (Fsp3) is 0.133. The maximum Gasteiger partial charge on any atom is 0.338 e. The van der Waals surface area contributed by atoms with E-state index in [4.69, 9.17) is 10.5 Å². The molecule has 18 heavy (non-hydrogen) atoms. The molecule has 0 saturated carbocycles. The van der Waals surface area contributed by atoms with Crippen molar-refractivity contribution >= 4 is 11.7 Å². The summed E-state index contributed by atoms with van der Waals surface area (Å²) in [6.45, 7) is 2.16. The van der Waals surface area contributed by atoms with Crippen molar-refractivity contribution in [1.29, 1.82) is 0 Å². The molecule has 0 aliphatic heterocycles. The summed E-state index contributed by atoms with van der Waals surface area (Å²) in [4.78, 5) is 11.9. The van der Waals surface area contributed by atoms with Gasteiger partial charge in [0.25, 0.3) is 0 Å². The molecule has 92 valence electrons. The molecule has 2 aromatic rings. The van der Waals surface area contributed by atoms with Crippen molar-refractivity contribution in [2.24, 2.45) is 0 Å². The van der Waals surface area contributed by atoms with Gasteiger partial charge < -0.3 is 10.5 Å². The number of hydrogen-bond acceptors (Lipinski definition) is 3. The number of nitrogens with two attached hydrogens (primary N) is 1. The van der Waals surface area contributed by atoms with E-state index in [9.17, 15) is 4.79 Å². The van der Waals surface area contributed by atoms with Crippen molar-refractivity contribution < 1.29 is 9.53 Å². The molecular weight excluding hydrogens is 226 g/mol. The largest absolute Gasteiger partial charge is 0.462 e. The molecule has 0 unspecified atom stereocenters. The molecule has 3 nitrogen and oxygen atoms in total. The van der Waals surface area contributed by atoms with Crippen LogP contribution in [0.2, 0.25) is 0 Å². The fourth-order valence-corrected chi connectivity index (χ4v) is 1.83. The van der Waals surface area contributed by atoms with Gasteiger partial charge in [0, 0.05) is 5.69 Å². The molecule has 2 rings (SSSR count). The van der Waals surface area contributed by atoms with E-state index in [2.05, 4.69) is 0 Å². The van der Waals surface area contributed by atoms with E-state index in [-0.39, 0.29) is 5.97 Å². The lowest BCUT2D eigenvalue weighted by atomic mass is 9.99. The Labute approximate surface area is 106 Å². The summed E-state index contributed by atoms with van der Waals surface area (Å²) in [6.07, 6.45) is 0. The van der Waals surface area contributed by atoms with Crippen molar-refractivity contribution in [2.75, 3.05) is 12.3 Å². The van der Waals surface area contributed by atoms with Crippen LogP contribution < -0.4 is 5.73 Å². The van der Waals surface area contributed by atoms with E-state index in [0.29, 0.717) is 17.9 Å². The molecule has 0 radical (unpaired) electrons. The van der Waals surface area contributed by atoms with E-state index in [1.807, 2.05) is 42.5 Å². The minimum Gasteiger partial charge on any atom is -0.462 e. The minimum atomic E-state index is -0.310. The highest BCUT2D eigenvalue weighted by atomic mass is 16.5. The maximum atomic E-state index is 11.9. The van der Waals surface area contributed by atoms with Gasteiger partial charge in [-0.1, -0.05) is 30.3 Å². The Morgan fingerprint density at radius 3 is 2.67 bits per heavy atom. The predicted octanol–water partition coefficient (Wildman–Crippen LogP) is 3.11. The summed E-state index contributed by atoms with van der Waals surface area (Å²) < 4.78 is 5.05. The minimum absolute atomic E-state index is 0.310. The van der Waals surface area contributed by atoms with Crippen LogP contribution in [0.25, 0.3) is 11.1 Å². The van der Waals surface area contributed by atoms with Crippen molar-refractivity contribution in [3.05, 3.63) is 54.1 Å². The first-order valence-corrected chi connectivity index (χ1v) is 5.84. The second-order valence-electron chi connectivity index (χ2n) is 3.89. The first-order chi connectivity index (χ1) is 8.72. The van der Waals surface area contributed by atoms with E-state index in [1.54, 1.807) is 13.0 Å². The van der Waals surface area contributed by atoms with E-state index in [1.165, 1.54) is 0 Å². The summed E-state index contributed by atoms with van der Waals surface area (Å²) in [5.41, 5.74) is 8.75. The van der Waals surface area contributed by atoms with Crippen LogP contribution >= 0.6 is 0 Å². The first-order valence-electron chi connectivity index (χ1n) is 5.84. The third kappa shape index (κ3) is 2.51. The number of carbonyl (C=O) groups is 1. The van der Waals surface area contributed by atoms with Crippen LogP contribution in [0, 0.1) is 0 Å². The molecule has 0 aromatic heterocycles. The van der Waals surface area contributed by atoms with Crippen LogP contribution in [0.1, 0.15) is 17.3 Å². The van der Waals surface area contributed by atoms with Gasteiger partial charge in [-0.15, -0.1) is 0 Å². The average molecular weight is 241 g/mol. The smallest absolute Gasteiger partial charge is 0.338 e. The highest BCUT2D eigenvalue weighted by molar-refractivity contribution is 5.97. The van der Waals surface area contributed by atoms with Crippen molar-refractivity contribution in [3.8, 4) is 11.1 Å². The molecule has 0 spiro atoms. The van der Waals surface area contributed by atoms with E-state index >= 15 is 0 Å². The summed E-state index contributed by atoms with van der Waals surface area (Å²) in [7, 11) is 0. The van der Waals surface area contributed by atoms with Gasteiger partial charge in [0.1, 0.15) is 0 Å². The third-order valence-electron chi connectivity index (χ3n) is 2.62. The standard InChI is InChI=1S/C15H15NO2/c1-2-18-15(17)14-9-4-3-8-13(14)11-6-5-7-12(16)10-11/h3-10H,2,16H2,1H3. The summed E-state index contributed by atoms with van der Waals surface area (Å²) >= 11 is 0. The number of esters is 1. The van der Waals surface area contributed by atoms with Crippen LogP contribution in [0.4, 0.5) is 5.69 Å². The number of benzene rings is 2. The zero-order valence-corrected chi connectivity index (χ0v) is 10.2. The van der Waals surface area contributed by atoms with Crippen molar-refractivity contribution in [2.45, 2.75) is 6.92 Å². The van der Waals surface area contributed by atoms with Gasteiger partial charge in [0.15, 0.2) is 0 Å². The highest BCUT2D eigenvalue weighted by Gasteiger charge is 2.12. The van der Waals surface area contributed by atoms with Crippen molar-refractivity contribution in [1.82, 2.24) is 0 Å². The maximum absolute atomic E-state index is 11.9. The lowest BCUT2D eigenvalue weighted by molar-refractivity contribution is 0.0527. The Morgan fingerprint density at radius 1 is 1.17 bits per heavy atom. The molecule has 2 aromatic carbocycles. The molecule has 2 N–H and O–H groups in total. The molecule has 0 amide bonds. The Bertz CT molecular complexity index is 564. The highest BCUT2D eigenvalue weighted by Crippen LogP contribution is 2.25. The monoisotopic (exact) mass is 241 g/mol. The van der Waals surface area contributed by atoms with Crippen molar-refractivity contribution in [3.63, 3.8) is 0 Å². The molecule has 0 heterocycles. The van der Waals surface area contributed by atoms with Crippen LogP contribution in [0.15, 0.2) is 48.5 Å². The van der Waals surface area contributed by atoms with Crippen LogP contribution in [-0.2, 0) is 4.74 Å². The molecule has 0 atom stereocenters. The topological polar surface area (TPSA) is 52.3 Å². The Kier molecular flexibility index (Phi) is 3.63. The number of hydrogen-bond donors (Lipinski definition) is 1. The lowest BCUT2D eigenvalue weighted by Crippen LogP contribution is -2.06. The second kappa shape index (κ2) is 5.36. The summed E-state index contributed by atoms with van der Waals surface area (Å²) in [5.74, 6) is -0.310. The van der Waals surface area contributed by atoms with Gasteiger partial charge >= 0.3 is 5.97 Å². The van der Waals surface area contributed by atoms with Gasteiger partial charge in [0.05, 0.1) is 12.2 Å². The normalized spacial score (nSPS) is 10.1. The number of rotatable bonds is 3. The number of carbonyl (C=O) groups excluding carboxylic acids is 1. The second-order valence-corrected chi connectivity index (χ2v) is 3.89. The quantitative estimate of drug-likeness (QED) is 0.663. The van der Waals surface area contributed by atoms with Gasteiger partial charge in [-0.3, -0.25) is 0 Å². The molecule has 0 aliphatic rings.